The number of fused-ring (bicyclic) bond motifs is 1. The van der Waals surface area contributed by atoms with Gasteiger partial charge in [-0.2, -0.15) is 0 Å². The van der Waals surface area contributed by atoms with Gasteiger partial charge in [-0.1, -0.05) is 36.0 Å². The highest BCUT2D eigenvalue weighted by Gasteiger charge is 2.25. The van der Waals surface area contributed by atoms with Crippen LogP contribution in [-0.2, 0) is 4.79 Å². The van der Waals surface area contributed by atoms with E-state index in [4.69, 9.17) is 0 Å². The maximum atomic E-state index is 12.7. The molecule has 2 N–H and O–H groups in total. The number of para-hydroxylation sites is 1. The number of carbonyl (C=O) groups excluding carboxylic acids is 2. The zero-order chi connectivity index (χ0) is 19.0. The molecule has 4 rings (SSSR count). The number of aryl methyl sites for hydroxylation is 2. The molecule has 1 aliphatic rings. The lowest BCUT2D eigenvalue weighted by atomic mass is 9.85. The lowest BCUT2D eigenvalue weighted by Gasteiger charge is -2.23. The molecule has 3 aromatic rings. The molecule has 1 heterocycles. The predicted molar refractivity (Wildman–Crippen MR) is 109 cm³/mol. The molecule has 2 amide bonds. The van der Waals surface area contributed by atoms with Crippen LogP contribution in [0.1, 0.15) is 40.7 Å². The van der Waals surface area contributed by atoms with Crippen LogP contribution in [0.15, 0.2) is 36.4 Å². The van der Waals surface area contributed by atoms with Gasteiger partial charge in [0.05, 0.1) is 10.2 Å². The molecule has 0 spiro atoms. The zero-order valence-electron chi connectivity index (χ0n) is 15.3. The number of aromatic nitrogens is 1. The Balaban J connectivity index is 1.54. The van der Waals surface area contributed by atoms with Crippen molar-refractivity contribution in [3.63, 3.8) is 0 Å². The Bertz CT molecular complexity index is 1020. The number of anilines is 2. The van der Waals surface area contributed by atoms with Crippen molar-refractivity contribution >= 4 is 44.2 Å². The van der Waals surface area contributed by atoms with E-state index >= 15 is 0 Å². The molecule has 0 saturated heterocycles. The van der Waals surface area contributed by atoms with E-state index in [1.807, 2.05) is 44.2 Å². The average Bonchev–Trinajstić information content (AvgIpc) is 2.97. The van der Waals surface area contributed by atoms with Crippen molar-refractivity contribution in [3.05, 3.63) is 53.1 Å². The first kappa shape index (κ1) is 17.7. The fraction of sp³-hybridized carbons (Fsp3) is 0.286. The smallest absolute Gasteiger partial charge is 0.255 e. The fourth-order valence-electron chi connectivity index (χ4n) is 3.19. The number of hydrogen-bond acceptors (Lipinski definition) is 4. The minimum atomic E-state index is -0.150. The molecule has 1 saturated carbocycles. The first-order valence-electron chi connectivity index (χ1n) is 9.10. The topological polar surface area (TPSA) is 71.1 Å². The summed E-state index contributed by atoms with van der Waals surface area (Å²) in [6, 6.07) is 11.4. The van der Waals surface area contributed by atoms with E-state index in [1.165, 1.54) is 11.3 Å². The molecular formula is C21H21N3O2S. The summed E-state index contributed by atoms with van der Waals surface area (Å²) in [5.74, 6) is 0.0201. The molecule has 0 radical (unpaired) electrons. The van der Waals surface area contributed by atoms with Crippen molar-refractivity contribution in [2.45, 2.75) is 33.1 Å². The van der Waals surface area contributed by atoms with Crippen LogP contribution in [0.3, 0.4) is 0 Å². The van der Waals surface area contributed by atoms with Crippen molar-refractivity contribution < 1.29 is 9.59 Å². The van der Waals surface area contributed by atoms with Crippen LogP contribution >= 0.6 is 11.3 Å². The third-order valence-corrected chi connectivity index (χ3v) is 6.01. The van der Waals surface area contributed by atoms with E-state index in [-0.39, 0.29) is 17.7 Å². The van der Waals surface area contributed by atoms with Crippen molar-refractivity contribution in [1.29, 1.82) is 0 Å². The average molecular weight is 379 g/mol. The minimum absolute atomic E-state index is 0.0494. The van der Waals surface area contributed by atoms with E-state index < -0.39 is 0 Å². The molecule has 0 bridgehead atoms. The van der Waals surface area contributed by atoms with Gasteiger partial charge in [0.15, 0.2) is 5.13 Å². The highest BCUT2D eigenvalue weighted by molar-refractivity contribution is 7.22. The van der Waals surface area contributed by atoms with Crippen molar-refractivity contribution in [2.24, 2.45) is 5.92 Å². The largest absolute Gasteiger partial charge is 0.322 e. The summed E-state index contributed by atoms with van der Waals surface area (Å²) >= 11 is 1.40. The SMILES string of the molecule is Cc1cccc(C)c1NC(=O)c1ccc2nc(NC(=O)C3CCC3)sc2c1. The summed E-state index contributed by atoms with van der Waals surface area (Å²) in [7, 11) is 0. The number of benzene rings is 2. The first-order valence-corrected chi connectivity index (χ1v) is 9.92. The van der Waals surface area contributed by atoms with Crippen LogP contribution in [0.25, 0.3) is 10.2 Å². The first-order chi connectivity index (χ1) is 13.0. The van der Waals surface area contributed by atoms with Crippen LogP contribution < -0.4 is 10.6 Å². The van der Waals surface area contributed by atoms with Crippen LogP contribution in [-0.4, -0.2) is 16.8 Å². The molecule has 138 valence electrons. The Morgan fingerprint density at radius 3 is 2.48 bits per heavy atom. The third-order valence-electron chi connectivity index (χ3n) is 5.08. The number of amides is 2. The second-order valence-electron chi connectivity index (χ2n) is 7.04. The third kappa shape index (κ3) is 3.57. The van der Waals surface area contributed by atoms with E-state index in [9.17, 15) is 9.59 Å². The number of thiazole rings is 1. The molecule has 1 aliphatic carbocycles. The number of nitrogens with zero attached hydrogens (tertiary/aromatic N) is 1. The highest BCUT2D eigenvalue weighted by Crippen LogP contribution is 2.31. The van der Waals surface area contributed by atoms with Gasteiger partial charge >= 0.3 is 0 Å². The Labute approximate surface area is 161 Å². The van der Waals surface area contributed by atoms with Gasteiger partial charge in [-0.05, 0) is 56.0 Å². The Morgan fingerprint density at radius 2 is 1.81 bits per heavy atom. The van der Waals surface area contributed by atoms with Gasteiger partial charge in [0.2, 0.25) is 5.91 Å². The second-order valence-corrected chi connectivity index (χ2v) is 8.07. The molecule has 0 unspecified atom stereocenters. The number of carbonyl (C=O) groups is 2. The zero-order valence-corrected chi connectivity index (χ0v) is 16.2. The quantitative estimate of drug-likeness (QED) is 0.677. The van der Waals surface area contributed by atoms with E-state index in [0.29, 0.717) is 10.7 Å². The van der Waals surface area contributed by atoms with Gasteiger partial charge in [-0.25, -0.2) is 4.98 Å². The molecule has 0 atom stereocenters. The normalized spacial score (nSPS) is 14.0. The summed E-state index contributed by atoms with van der Waals surface area (Å²) in [4.78, 5) is 29.3. The highest BCUT2D eigenvalue weighted by atomic mass is 32.1. The second kappa shape index (κ2) is 7.12. The van der Waals surface area contributed by atoms with Crippen molar-refractivity contribution in [3.8, 4) is 0 Å². The van der Waals surface area contributed by atoms with Crippen LogP contribution in [0.4, 0.5) is 10.8 Å². The van der Waals surface area contributed by atoms with Crippen LogP contribution in [0.2, 0.25) is 0 Å². The number of hydrogen-bond donors (Lipinski definition) is 2. The molecule has 6 heteroatoms. The summed E-state index contributed by atoms with van der Waals surface area (Å²) in [5.41, 5.74) is 4.27. The van der Waals surface area contributed by atoms with E-state index in [2.05, 4.69) is 15.6 Å². The predicted octanol–water partition coefficient (Wildman–Crippen LogP) is 4.90. The standard InChI is InChI=1S/C21H21N3O2S/c1-12-5-3-6-13(2)18(12)23-20(26)15-9-10-16-17(11-15)27-21(22-16)24-19(25)14-7-4-8-14/h3,5-6,9-11,14H,4,7-8H2,1-2H3,(H,23,26)(H,22,24,25). The molecule has 2 aromatic carbocycles. The van der Waals surface area contributed by atoms with Crippen molar-refractivity contribution in [2.75, 3.05) is 10.6 Å². The lowest BCUT2D eigenvalue weighted by Crippen LogP contribution is -2.27. The minimum Gasteiger partial charge on any atom is -0.322 e. The molecule has 1 fully saturated rings. The van der Waals surface area contributed by atoms with Gasteiger partial charge in [0.25, 0.3) is 5.91 Å². The van der Waals surface area contributed by atoms with E-state index in [0.717, 1.165) is 46.3 Å². The number of nitrogens with one attached hydrogen (secondary N) is 2. The van der Waals surface area contributed by atoms with Crippen LogP contribution in [0, 0.1) is 19.8 Å². The molecule has 0 aliphatic heterocycles. The van der Waals surface area contributed by atoms with Gasteiger partial charge in [0, 0.05) is 17.2 Å². The Kier molecular flexibility index (Phi) is 4.66. The maximum absolute atomic E-state index is 12.7. The molecule has 5 nitrogen and oxygen atoms in total. The monoisotopic (exact) mass is 379 g/mol. The van der Waals surface area contributed by atoms with E-state index in [1.54, 1.807) is 6.07 Å². The summed E-state index contributed by atoms with van der Waals surface area (Å²) in [6.07, 6.45) is 3.04. The molecule has 1 aromatic heterocycles. The maximum Gasteiger partial charge on any atom is 0.255 e. The van der Waals surface area contributed by atoms with Crippen LogP contribution in [0.5, 0.6) is 0 Å². The lowest BCUT2D eigenvalue weighted by molar-refractivity contribution is -0.122. The Hall–Kier alpha value is -2.73. The van der Waals surface area contributed by atoms with Gasteiger partial charge in [-0.15, -0.1) is 0 Å². The van der Waals surface area contributed by atoms with Gasteiger partial charge < -0.3 is 10.6 Å². The molecular weight excluding hydrogens is 358 g/mol. The van der Waals surface area contributed by atoms with Crippen molar-refractivity contribution in [1.82, 2.24) is 4.98 Å². The fourth-order valence-corrected chi connectivity index (χ4v) is 4.10. The summed E-state index contributed by atoms with van der Waals surface area (Å²) in [6.45, 7) is 3.96. The van der Waals surface area contributed by atoms with Gasteiger partial charge in [-0.3, -0.25) is 9.59 Å². The number of rotatable bonds is 4. The summed E-state index contributed by atoms with van der Waals surface area (Å²) < 4.78 is 0.882. The molecule has 27 heavy (non-hydrogen) atoms. The Morgan fingerprint density at radius 1 is 1.07 bits per heavy atom. The van der Waals surface area contributed by atoms with Gasteiger partial charge in [0.1, 0.15) is 0 Å². The summed E-state index contributed by atoms with van der Waals surface area (Å²) in [5, 5.41) is 6.50.